The van der Waals surface area contributed by atoms with Gasteiger partial charge in [0.15, 0.2) is 5.96 Å². The van der Waals surface area contributed by atoms with Crippen molar-refractivity contribution in [1.29, 1.82) is 0 Å². The van der Waals surface area contributed by atoms with Crippen LogP contribution >= 0.6 is 0 Å². The van der Waals surface area contributed by atoms with Crippen LogP contribution in [0.1, 0.15) is 33.1 Å². The Balaban J connectivity index is 2.08. The minimum atomic E-state index is 0.753. The zero-order valence-corrected chi connectivity index (χ0v) is 13.5. The maximum Gasteiger partial charge on any atom is 0.191 e. The van der Waals surface area contributed by atoms with Crippen LogP contribution in [0.25, 0.3) is 0 Å². The zero-order valence-electron chi connectivity index (χ0n) is 13.5. The van der Waals surface area contributed by atoms with Crippen molar-refractivity contribution in [3.8, 4) is 0 Å². The first-order valence-corrected chi connectivity index (χ1v) is 7.93. The minimum Gasteiger partial charge on any atom is -0.356 e. The van der Waals surface area contributed by atoms with Crippen LogP contribution in [-0.4, -0.2) is 50.6 Å². The summed E-state index contributed by atoms with van der Waals surface area (Å²) in [6.07, 6.45) is 5.67. The lowest BCUT2D eigenvalue weighted by Crippen LogP contribution is -2.40. The number of rotatable bonds is 7. The molecule has 1 aliphatic rings. The van der Waals surface area contributed by atoms with Gasteiger partial charge in [0, 0.05) is 33.2 Å². The lowest BCUT2D eigenvalue weighted by atomic mass is 9.92. The van der Waals surface area contributed by atoms with Crippen molar-refractivity contribution in [3.05, 3.63) is 12.7 Å². The quantitative estimate of drug-likeness (QED) is 0.325. The van der Waals surface area contributed by atoms with Crippen LogP contribution in [0.15, 0.2) is 17.6 Å². The summed E-state index contributed by atoms with van der Waals surface area (Å²) in [5.41, 5.74) is 0. The molecule has 1 heterocycles. The summed E-state index contributed by atoms with van der Waals surface area (Å²) in [5, 5.41) is 6.51. The fourth-order valence-electron chi connectivity index (χ4n) is 3.03. The molecule has 0 spiro atoms. The Kier molecular flexibility index (Phi) is 8.35. The summed E-state index contributed by atoms with van der Waals surface area (Å²) in [6.45, 7) is 14.0. The number of hydrogen-bond acceptors (Lipinski definition) is 2. The van der Waals surface area contributed by atoms with E-state index in [2.05, 4.69) is 41.0 Å². The molecule has 1 rings (SSSR count). The SMILES string of the molecule is C=CCNC(=NC)NCCCCN1CC(C)CC(C)C1. The van der Waals surface area contributed by atoms with Crippen molar-refractivity contribution in [2.24, 2.45) is 16.8 Å². The number of nitrogens with zero attached hydrogens (tertiary/aromatic N) is 2. The van der Waals surface area contributed by atoms with Crippen molar-refractivity contribution >= 4 is 5.96 Å². The Labute approximate surface area is 124 Å². The molecule has 20 heavy (non-hydrogen) atoms. The normalized spacial score (nSPS) is 24.4. The topological polar surface area (TPSA) is 39.7 Å². The molecule has 0 radical (unpaired) electrons. The Morgan fingerprint density at radius 3 is 2.55 bits per heavy atom. The fourth-order valence-corrected chi connectivity index (χ4v) is 3.03. The molecule has 2 atom stereocenters. The highest BCUT2D eigenvalue weighted by Gasteiger charge is 2.20. The van der Waals surface area contributed by atoms with Crippen LogP contribution in [0.5, 0.6) is 0 Å². The second kappa shape index (κ2) is 9.81. The van der Waals surface area contributed by atoms with E-state index in [1.54, 1.807) is 7.05 Å². The molecule has 4 heteroatoms. The van der Waals surface area contributed by atoms with E-state index in [4.69, 9.17) is 0 Å². The Morgan fingerprint density at radius 1 is 1.25 bits per heavy atom. The molecule has 1 fully saturated rings. The molecular formula is C16H32N4. The van der Waals surface area contributed by atoms with Gasteiger partial charge < -0.3 is 15.5 Å². The van der Waals surface area contributed by atoms with E-state index in [1.165, 1.54) is 38.9 Å². The number of nitrogens with one attached hydrogen (secondary N) is 2. The molecule has 0 aromatic carbocycles. The van der Waals surface area contributed by atoms with Crippen LogP contribution in [0, 0.1) is 11.8 Å². The number of guanidine groups is 1. The molecule has 116 valence electrons. The number of likely N-dealkylation sites (tertiary alicyclic amines) is 1. The predicted molar refractivity (Wildman–Crippen MR) is 88.2 cm³/mol. The average Bonchev–Trinajstić information content (AvgIpc) is 2.40. The first-order chi connectivity index (χ1) is 9.65. The molecule has 1 aliphatic heterocycles. The molecule has 0 aliphatic carbocycles. The van der Waals surface area contributed by atoms with Gasteiger partial charge in [-0.2, -0.15) is 0 Å². The van der Waals surface area contributed by atoms with Crippen molar-refractivity contribution < 1.29 is 0 Å². The van der Waals surface area contributed by atoms with E-state index in [9.17, 15) is 0 Å². The van der Waals surface area contributed by atoms with Gasteiger partial charge in [-0.05, 0) is 37.6 Å². The molecule has 4 nitrogen and oxygen atoms in total. The van der Waals surface area contributed by atoms with Crippen LogP contribution in [0.3, 0.4) is 0 Å². The van der Waals surface area contributed by atoms with E-state index in [1.807, 2.05) is 6.08 Å². The van der Waals surface area contributed by atoms with Crippen LogP contribution < -0.4 is 10.6 Å². The maximum absolute atomic E-state index is 4.17. The highest BCUT2D eigenvalue weighted by atomic mass is 15.2. The third-order valence-corrected chi connectivity index (χ3v) is 3.78. The number of unbranched alkanes of at least 4 members (excludes halogenated alkanes) is 1. The summed E-state index contributed by atoms with van der Waals surface area (Å²) < 4.78 is 0. The predicted octanol–water partition coefficient (Wildman–Crippen LogP) is 2.10. The maximum atomic E-state index is 4.17. The van der Waals surface area contributed by atoms with Crippen molar-refractivity contribution in [1.82, 2.24) is 15.5 Å². The number of aliphatic imine (C=N–C) groups is 1. The van der Waals surface area contributed by atoms with Crippen molar-refractivity contribution in [2.45, 2.75) is 33.1 Å². The van der Waals surface area contributed by atoms with E-state index < -0.39 is 0 Å². The van der Waals surface area contributed by atoms with Crippen LogP contribution in [0.4, 0.5) is 0 Å². The van der Waals surface area contributed by atoms with Gasteiger partial charge >= 0.3 is 0 Å². The van der Waals surface area contributed by atoms with Gasteiger partial charge in [0.05, 0.1) is 0 Å². The van der Waals surface area contributed by atoms with E-state index >= 15 is 0 Å². The van der Waals surface area contributed by atoms with Gasteiger partial charge in [0.25, 0.3) is 0 Å². The third-order valence-electron chi connectivity index (χ3n) is 3.78. The highest BCUT2D eigenvalue weighted by Crippen LogP contribution is 2.20. The standard InChI is InChI=1S/C16H32N4/c1-5-8-18-16(17-4)19-9-6-7-10-20-12-14(2)11-15(3)13-20/h5,14-15H,1,6-13H2,2-4H3,(H2,17,18,19). The summed E-state index contributed by atoms with van der Waals surface area (Å²) >= 11 is 0. The fraction of sp³-hybridized carbons (Fsp3) is 0.812. The molecule has 0 aromatic heterocycles. The lowest BCUT2D eigenvalue weighted by molar-refractivity contribution is 0.139. The molecule has 0 saturated carbocycles. The van der Waals surface area contributed by atoms with Gasteiger partial charge in [-0.3, -0.25) is 4.99 Å². The first kappa shape index (κ1) is 17.0. The van der Waals surface area contributed by atoms with Gasteiger partial charge in [0.1, 0.15) is 0 Å². The van der Waals surface area contributed by atoms with E-state index in [0.717, 1.165) is 30.9 Å². The first-order valence-electron chi connectivity index (χ1n) is 7.93. The minimum absolute atomic E-state index is 0.753. The monoisotopic (exact) mass is 280 g/mol. The summed E-state index contributed by atoms with van der Waals surface area (Å²) in [6, 6.07) is 0. The zero-order chi connectivity index (χ0) is 14.8. The van der Waals surface area contributed by atoms with Gasteiger partial charge in [-0.15, -0.1) is 6.58 Å². The molecule has 2 unspecified atom stereocenters. The average molecular weight is 280 g/mol. The highest BCUT2D eigenvalue weighted by molar-refractivity contribution is 5.79. The van der Waals surface area contributed by atoms with E-state index in [0.29, 0.717) is 0 Å². The lowest BCUT2D eigenvalue weighted by Gasteiger charge is -2.34. The largest absolute Gasteiger partial charge is 0.356 e. The molecule has 0 amide bonds. The Bertz CT molecular complexity index is 291. The van der Waals surface area contributed by atoms with Crippen LogP contribution in [0.2, 0.25) is 0 Å². The van der Waals surface area contributed by atoms with Gasteiger partial charge in [-0.1, -0.05) is 19.9 Å². The van der Waals surface area contributed by atoms with Crippen LogP contribution in [-0.2, 0) is 0 Å². The summed E-state index contributed by atoms with van der Waals surface area (Å²) in [4.78, 5) is 6.80. The van der Waals surface area contributed by atoms with Gasteiger partial charge in [-0.25, -0.2) is 0 Å². The smallest absolute Gasteiger partial charge is 0.191 e. The summed E-state index contributed by atoms with van der Waals surface area (Å²) in [5.74, 6) is 2.59. The Morgan fingerprint density at radius 2 is 1.95 bits per heavy atom. The Hall–Kier alpha value is -1.03. The molecular weight excluding hydrogens is 248 g/mol. The molecule has 0 bridgehead atoms. The number of piperidine rings is 1. The second-order valence-corrected chi connectivity index (χ2v) is 6.08. The molecule has 1 saturated heterocycles. The third kappa shape index (κ3) is 6.94. The van der Waals surface area contributed by atoms with E-state index in [-0.39, 0.29) is 0 Å². The second-order valence-electron chi connectivity index (χ2n) is 6.08. The molecule has 2 N–H and O–H groups in total. The number of hydrogen-bond donors (Lipinski definition) is 2. The molecule has 0 aromatic rings. The van der Waals surface area contributed by atoms with Gasteiger partial charge in [0.2, 0.25) is 0 Å². The van der Waals surface area contributed by atoms with Crippen molar-refractivity contribution in [2.75, 3.05) is 39.8 Å². The van der Waals surface area contributed by atoms with Crippen molar-refractivity contribution in [3.63, 3.8) is 0 Å². The summed E-state index contributed by atoms with van der Waals surface area (Å²) in [7, 11) is 1.80.